The summed E-state index contributed by atoms with van der Waals surface area (Å²) in [6, 6.07) is 0.397. The van der Waals surface area contributed by atoms with Gasteiger partial charge >= 0.3 is 0 Å². The van der Waals surface area contributed by atoms with Crippen LogP contribution in [0.15, 0.2) is 12.3 Å². The minimum Gasteiger partial charge on any atom is -0.312 e. The molecule has 0 aromatic carbocycles. The summed E-state index contributed by atoms with van der Waals surface area (Å²) in [5, 5.41) is 3.17. The maximum Gasteiger partial charge on any atom is 0.244 e. The number of amides is 1. The smallest absolute Gasteiger partial charge is 0.244 e. The van der Waals surface area contributed by atoms with Gasteiger partial charge in [-0.25, -0.2) is 0 Å². The van der Waals surface area contributed by atoms with E-state index in [-0.39, 0.29) is 11.9 Å². The van der Waals surface area contributed by atoms with Crippen molar-refractivity contribution in [1.82, 2.24) is 10.2 Å². The molecule has 1 amide bonds. The molecule has 3 nitrogen and oxygen atoms in total. The Morgan fingerprint density at radius 1 is 1.11 bits per heavy atom. The third-order valence-electron chi connectivity index (χ3n) is 4.37. The van der Waals surface area contributed by atoms with Crippen LogP contribution in [0.2, 0.25) is 0 Å². The second kappa shape index (κ2) is 6.37. The SMILES string of the molecule is C=C1CCCC(NC)C(=O)N1C1CCCCCC1. The van der Waals surface area contributed by atoms with E-state index < -0.39 is 0 Å². The lowest BCUT2D eigenvalue weighted by Crippen LogP contribution is -2.47. The lowest BCUT2D eigenvalue weighted by Gasteiger charge is -2.33. The van der Waals surface area contributed by atoms with E-state index in [2.05, 4.69) is 11.9 Å². The van der Waals surface area contributed by atoms with Crippen molar-refractivity contribution in [2.45, 2.75) is 69.9 Å². The Morgan fingerprint density at radius 3 is 2.39 bits per heavy atom. The zero-order valence-electron chi connectivity index (χ0n) is 11.6. The first kappa shape index (κ1) is 13.6. The highest BCUT2D eigenvalue weighted by Crippen LogP contribution is 2.29. The Morgan fingerprint density at radius 2 is 1.78 bits per heavy atom. The van der Waals surface area contributed by atoms with E-state index in [4.69, 9.17) is 0 Å². The van der Waals surface area contributed by atoms with Crippen LogP contribution in [-0.2, 0) is 4.79 Å². The third kappa shape index (κ3) is 2.94. The fourth-order valence-electron chi connectivity index (χ4n) is 3.30. The Hall–Kier alpha value is -0.830. The number of rotatable bonds is 2. The Kier molecular flexibility index (Phi) is 4.81. The third-order valence-corrected chi connectivity index (χ3v) is 4.37. The molecular formula is C15H26N2O. The van der Waals surface area contributed by atoms with Crippen molar-refractivity contribution >= 4 is 5.91 Å². The maximum absolute atomic E-state index is 12.6. The molecule has 2 rings (SSSR count). The van der Waals surface area contributed by atoms with Gasteiger partial charge in [-0.15, -0.1) is 0 Å². The van der Waals surface area contributed by atoms with Gasteiger partial charge in [-0.1, -0.05) is 32.3 Å². The minimum absolute atomic E-state index is 0.00694. The first-order chi connectivity index (χ1) is 8.74. The summed E-state index contributed by atoms with van der Waals surface area (Å²) in [5.74, 6) is 0.256. The van der Waals surface area contributed by atoms with Crippen LogP contribution in [0.3, 0.4) is 0 Å². The molecule has 1 saturated heterocycles. The summed E-state index contributed by atoms with van der Waals surface area (Å²) in [4.78, 5) is 14.6. The monoisotopic (exact) mass is 250 g/mol. The molecule has 1 aliphatic heterocycles. The topological polar surface area (TPSA) is 32.3 Å². The zero-order chi connectivity index (χ0) is 13.0. The lowest BCUT2D eigenvalue weighted by molar-refractivity contribution is -0.133. The van der Waals surface area contributed by atoms with E-state index in [0.29, 0.717) is 6.04 Å². The number of nitrogens with zero attached hydrogens (tertiary/aromatic N) is 1. The molecule has 1 saturated carbocycles. The van der Waals surface area contributed by atoms with E-state index in [9.17, 15) is 4.79 Å². The number of likely N-dealkylation sites (tertiary alicyclic amines) is 1. The highest BCUT2D eigenvalue weighted by Gasteiger charge is 2.32. The van der Waals surface area contributed by atoms with Crippen LogP contribution >= 0.6 is 0 Å². The van der Waals surface area contributed by atoms with E-state index in [0.717, 1.165) is 37.8 Å². The number of nitrogens with one attached hydrogen (secondary N) is 1. The van der Waals surface area contributed by atoms with Gasteiger partial charge in [0, 0.05) is 11.7 Å². The standard InChI is InChI=1S/C15H26N2O/c1-12-8-7-11-14(16-2)15(18)17(12)13-9-5-3-4-6-10-13/h13-14,16H,1,3-11H2,2H3. The molecule has 0 aromatic heterocycles. The molecule has 3 heteroatoms. The molecule has 1 N–H and O–H groups in total. The number of hydrogen-bond donors (Lipinski definition) is 1. The van der Waals surface area contributed by atoms with Crippen molar-refractivity contribution in [2.75, 3.05) is 7.05 Å². The average Bonchev–Trinajstić information content (AvgIpc) is 2.69. The lowest BCUT2D eigenvalue weighted by atomic mass is 10.1. The summed E-state index contributed by atoms with van der Waals surface area (Å²) >= 11 is 0. The minimum atomic E-state index is -0.00694. The predicted octanol–water partition coefficient (Wildman–Crippen LogP) is 2.82. The summed E-state index contributed by atoms with van der Waals surface area (Å²) in [7, 11) is 1.89. The first-order valence-electron chi connectivity index (χ1n) is 7.42. The quantitative estimate of drug-likeness (QED) is 0.764. The number of carbonyl (C=O) groups is 1. The Balaban J connectivity index is 2.14. The normalized spacial score (nSPS) is 28.1. The van der Waals surface area contributed by atoms with Crippen LogP contribution in [0.4, 0.5) is 0 Å². The second-order valence-electron chi connectivity index (χ2n) is 5.65. The first-order valence-corrected chi connectivity index (χ1v) is 7.42. The zero-order valence-corrected chi connectivity index (χ0v) is 11.6. The van der Waals surface area contributed by atoms with E-state index in [1.807, 2.05) is 11.9 Å². The Bertz CT molecular complexity index is 306. The number of allylic oxidation sites excluding steroid dienone is 1. The molecular weight excluding hydrogens is 224 g/mol. The van der Waals surface area contributed by atoms with Crippen LogP contribution in [0.1, 0.15) is 57.8 Å². The summed E-state index contributed by atoms with van der Waals surface area (Å²) in [6.45, 7) is 4.16. The van der Waals surface area contributed by atoms with Gasteiger partial charge in [0.25, 0.3) is 0 Å². The number of carbonyl (C=O) groups excluding carboxylic acids is 1. The highest BCUT2D eigenvalue weighted by atomic mass is 16.2. The van der Waals surface area contributed by atoms with Crippen LogP contribution in [0.25, 0.3) is 0 Å². The van der Waals surface area contributed by atoms with Gasteiger partial charge in [0.2, 0.25) is 5.91 Å². The van der Waals surface area contributed by atoms with Gasteiger partial charge in [0.15, 0.2) is 0 Å². The van der Waals surface area contributed by atoms with Gasteiger partial charge in [0.05, 0.1) is 6.04 Å². The van der Waals surface area contributed by atoms with Gasteiger partial charge in [-0.05, 0) is 39.2 Å². The van der Waals surface area contributed by atoms with Crippen molar-refractivity contribution < 1.29 is 4.79 Å². The molecule has 1 atom stereocenters. The summed E-state index contributed by atoms with van der Waals surface area (Å²) < 4.78 is 0. The number of hydrogen-bond acceptors (Lipinski definition) is 2. The van der Waals surface area contributed by atoms with Gasteiger partial charge in [-0.2, -0.15) is 0 Å². The van der Waals surface area contributed by atoms with Crippen LogP contribution in [0.5, 0.6) is 0 Å². The maximum atomic E-state index is 12.6. The van der Waals surface area contributed by atoms with Crippen molar-refractivity contribution in [3.05, 3.63) is 12.3 Å². The van der Waals surface area contributed by atoms with E-state index in [1.165, 1.54) is 25.7 Å². The molecule has 18 heavy (non-hydrogen) atoms. The second-order valence-corrected chi connectivity index (χ2v) is 5.65. The molecule has 2 fully saturated rings. The summed E-state index contributed by atoms with van der Waals surface area (Å²) in [5.41, 5.74) is 1.05. The van der Waals surface area contributed by atoms with Crippen molar-refractivity contribution in [2.24, 2.45) is 0 Å². The molecule has 1 heterocycles. The average molecular weight is 250 g/mol. The molecule has 0 radical (unpaired) electrons. The van der Waals surface area contributed by atoms with Crippen LogP contribution in [0, 0.1) is 0 Å². The van der Waals surface area contributed by atoms with Gasteiger partial charge < -0.3 is 10.2 Å². The fraction of sp³-hybridized carbons (Fsp3) is 0.800. The fourth-order valence-corrected chi connectivity index (χ4v) is 3.30. The molecule has 1 aliphatic carbocycles. The molecule has 0 bridgehead atoms. The largest absolute Gasteiger partial charge is 0.312 e. The van der Waals surface area contributed by atoms with Crippen molar-refractivity contribution in [1.29, 1.82) is 0 Å². The molecule has 102 valence electrons. The molecule has 1 unspecified atom stereocenters. The highest BCUT2D eigenvalue weighted by molar-refractivity contribution is 5.84. The predicted molar refractivity (Wildman–Crippen MR) is 74.2 cm³/mol. The van der Waals surface area contributed by atoms with Crippen molar-refractivity contribution in [3.8, 4) is 0 Å². The van der Waals surface area contributed by atoms with Crippen LogP contribution in [-0.4, -0.2) is 29.9 Å². The molecule has 2 aliphatic rings. The summed E-state index contributed by atoms with van der Waals surface area (Å²) in [6.07, 6.45) is 10.4. The van der Waals surface area contributed by atoms with Gasteiger partial charge in [0.1, 0.15) is 0 Å². The van der Waals surface area contributed by atoms with Crippen LogP contribution < -0.4 is 5.32 Å². The van der Waals surface area contributed by atoms with Crippen molar-refractivity contribution in [3.63, 3.8) is 0 Å². The van der Waals surface area contributed by atoms with E-state index in [1.54, 1.807) is 0 Å². The molecule has 0 aromatic rings. The van der Waals surface area contributed by atoms with Gasteiger partial charge in [-0.3, -0.25) is 4.79 Å². The number of likely N-dealkylation sites (N-methyl/N-ethyl adjacent to an activating group) is 1. The molecule has 0 spiro atoms. The van der Waals surface area contributed by atoms with E-state index >= 15 is 0 Å². The Labute approximate surface area is 111 Å².